The van der Waals surface area contributed by atoms with Crippen molar-refractivity contribution in [3.05, 3.63) is 30.3 Å². The zero-order valence-corrected chi connectivity index (χ0v) is 11.3. The molecule has 4 nitrogen and oxygen atoms in total. The molecule has 0 atom stereocenters. The quantitative estimate of drug-likeness (QED) is 0.407. The van der Waals surface area contributed by atoms with Crippen LogP contribution in [0, 0.1) is 5.41 Å². The zero-order valence-electron chi connectivity index (χ0n) is 11.3. The van der Waals surface area contributed by atoms with Crippen LogP contribution in [0.5, 0.6) is 5.75 Å². The van der Waals surface area contributed by atoms with Crippen LogP contribution in [0.4, 0.5) is 0 Å². The van der Waals surface area contributed by atoms with Crippen molar-refractivity contribution >= 4 is 5.84 Å². The summed E-state index contributed by atoms with van der Waals surface area (Å²) in [4.78, 5) is 2.44. The number of hydrogen-bond donors (Lipinski definition) is 2. The maximum Gasteiger partial charge on any atom is 0.119 e. The number of amidine groups is 1. The summed E-state index contributed by atoms with van der Waals surface area (Å²) in [5.41, 5.74) is 5.42. The molecule has 1 aromatic carbocycles. The number of nitrogens with zero attached hydrogens (tertiary/aromatic N) is 1. The Balaban J connectivity index is 1.63. The van der Waals surface area contributed by atoms with Gasteiger partial charge in [-0.05, 0) is 31.4 Å². The van der Waals surface area contributed by atoms with E-state index < -0.39 is 0 Å². The summed E-state index contributed by atoms with van der Waals surface area (Å²) in [6, 6.07) is 10.6. The third-order valence-electron chi connectivity index (χ3n) is 3.33. The lowest BCUT2D eigenvalue weighted by Crippen LogP contribution is -2.31. The van der Waals surface area contributed by atoms with Gasteiger partial charge in [-0.15, -0.1) is 0 Å². The number of para-hydroxylation sites is 1. The topological polar surface area (TPSA) is 62.3 Å². The highest BCUT2D eigenvalue weighted by molar-refractivity contribution is 5.76. The van der Waals surface area contributed by atoms with Crippen LogP contribution < -0.4 is 10.5 Å². The first-order valence-electron chi connectivity index (χ1n) is 7.00. The van der Waals surface area contributed by atoms with E-state index in [1.54, 1.807) is 0 Å². The first-order chi connectivity index (χ1) is 9.25. The average molecular weight is 261 g/mol. The maximum absolute atomic E-state index is 7.30. The molecule has 4 heteroatoms. The van der Waals surface area contributed by atoms with Crippen LogP contribution in [0.1, 0.15) is 25.7 Å². The molecule has 0 amide bonds. The number of benzene rings is 1. The van der Waals surface area contributed by atoms with E-state index in [2.05, 4.69) is 4.90 Å². The van der Waals surface area contributed by atoms with Gasteiger partial charge in [-0.2, -0.15) is 0 Å². The Labute approximate surface area is 115 Å². The molecule has 0 bridgehead atoms. The van der Waals surface area contributed by atoms with Crippen molar-refractivity contribution in [2.75, 3.05) is 19.7 Å². The van der Waals surface area contributed by atoms with Gasteiger partial charge < -0.3 is 10.5 Å². The lowest BCUT2D eigenvalue weighted by Gasteiger charge is -2.21. The van der Waals surface area contributed by atoms with E-state index in [4.69, 9.17) is 15.9 Å². The van der Waals surface area contributed by atoms with Crippen molar-refractivity contribution in [1.82, 2.24) is 4.90 Å². The molecule has 0 unspecified atom stereocenters. The Morgan fingerprint density at radius 3 is 2.63 bits per heavy atom. The second-order valence-electron chi connectivity index (χ2n) is 5.06. The molecular weight excluding hydrogens is 238 g/mol. The van der Waals surface area contributed by atoms with E-state index >= 15 is 0 Å². The number of nitrogens with one attached hydrogen (secondary N) is 1. The van der Waals surface area contributed by atoms with E-state index in [1.807, 2.05) is 30.3 Å². The summed E-state index contributed by atoms with van der Waals surface area (Å²) in [7, 11) is 0. The Kier molecular flexibility index (Phi) is 5.21. The van der Waals surface area contributed by atoms with Gasteiger partial charge in [-0.25, -0.2) is 0 Å². The second-order valence-corrected chi connectivity index (χ2v) is 5.06. The third kappa shape index (κ3) is 5.30. The highest BCUT2D eigenvalue weighted by Gasteiger charge is 2.28. The summed E-state index contributed by atoms with van der Waals surface area (Å²) in [6.07, 6.45) is 4.27. The second kappa shape index (κ2) is 7.14. The molecule has 3 N–H and O–H groups in total. The first kappa shape index (κ1) is 13.9. The first-order valence-corrected chi connectivity index (χ1v) is 7.00. The summed E-state index contributed by atoms with van der Waals surface area (Å²) >= 11 is 0. The molecule has 0 aromatic heterocycles. The average Bonchev–Trinajstić information content (AvgIpc) is 3.23. The molecule has 1 saturated carbocycles. The van der Waals surface area contributed by atoms with Gasteiger partial charge >= 0.3 is 0 Å². The molecule has 0 saturated heterocycles. The van der Waals surface area contributed by atoms with Crippen LogP contribution in [0.2, 0.25) is 0 Å². The molecule has 1 aliphatic rings. The standard InChI is InChI=1S/C15H23N3O/c16-15(17)9-11-18(13-7-8-13)10-4-12-19-14-5-2-1-3-6-14/h1-3,5-6,13H,4,7-12H2,(H3,16,17). The fourth-order valence-corrected chi connectivity index (χ4v) is 2.16. The van der Waals surface area contributed by atoms with Gasteiger partial charge in [0.1, 0.15) is 5.75 Å². The largest absolute Gasteiger partial charge is 0.494 e. The Hall–Kier alpha value is -1.55. The number of nitrogens with two attached hydrogens (primary N) is 1. The van der Waals surface area contributed by atoms with Crippen LogP contribution >= 0.6 is 0 Å². The van der Waals surface area contributed by atoms with E-state index in [1.165, 1.54) is 12.8 Å². The molecule has 104 valence electrons. The van der Waals surface area contributed by atoms with Gasteiger partial charge in [0, 0.05) is 25.6 Å². The predicted octanol–water partition coefficient (Wildman–Crippen LogP) is 2.25. The van der Waals surface area contributed by atoms with Gasteiger partial charge in [-0.3, -0.25) is 10.3 Å². The SMILES string of the molecule is N=C(N)CCN(CCCOc1ccccc1)C1CC1. The van der Waals surface area contributed by atoms with E-state index in [0.29, 0.717) is 6.42 Å². The summed E-state index contributed by atoms with van der Waals surface area (Å²) in [5.74, 6) is 1.22. The maximum atomic E-state index is 7.30. The van der Waals surface area contributed by atoms with Crippen LogP contribution in [-0.4, -0.2) is 36.5 Å². The predicted molar refractivity (Wildman–Crippen MR) is 77.7 cm³/mol. The molecule has 1 fully saturated rings. The van der Waals surface area contributed by atoms with Gasteiger partial charge in [-0.1, -0.05) is 18.2 Å². The lowest BCUT2D eigenvalue weighted by molar-refractivity contribution is 0.231. The number of rotatable bonds is 9. The van der Waals surface area contributed by atoms with Crippen molar-refractivity contribution in [3.63, 3.8) is 0 Å². The summed E-state index contributed by atoms with van der Waals surface area (Å²) in [6.45, 7) is 2.68. The van der Waals surface area contributed by atoms with Gasteiger partial charge in [0.05, 0.1) is 12.4 Å². The molecule has 1 aromatic rings. The Morgan fingerprint density at radius 2 is 2.00 bits per heavy atom. The van der Waals surface area contributed by atoms with Gasteiger partial charge in [0.15, 0.2) is 0 Å². The van der Waals surface area contributed by atoms with Crippen molar-refractivity contribution in [2.24, 2.45) is 5.73 Å². The minimum Gasteiger partial charge on any atom is -0.494 e. The fourth-order valence-electron chi connectivity index (χ4n) is 2.16. The van der Waals surface area contributed by atoms with Gasteiger partial charge in [0.25, 0.3) is 0 Å². The number of hydrogen-bond acceptors (Lipinski definition) is 3. The molecule has 0 heterocycles. The molecule has 19 heavy (non-hydrogen) atoms. The monoisotopic (exact) mass is 261 g/mol. The Morgan fingerprint density at radius 1 is 1.26 bits per heavy atom. The molecular formula is C15H23N3O. The summed E-state index contributed by atoms with van der Waals surface area (Å²) in [5, 5.41) is 7.30. The summed E-state index contributed by atoms with van der Waals surface area (Å²) < 4.78 is 5.69. The smallest absolute Gasteiger partial charge is 0.119 e. The van der Waals surface area contributed by atoms with Crippen molar-refractivity contribution in [3.8, 4) is 5.75 Å². The number of ether oxygens (including phenoxy) is 1. The minimum atomic E-state index is 0.284. The van der Waals surface area contributed by atoms with Crippen LogP contribution in [0.25, 0.3) is 0 Å². The molecule has 1 aliphatic carbocycles. The minimum absolute atomic E-state index is 0.284. The third-order valence-corrected chi connectivity index (χ3v) is 3.33. The van der Waals surface area contributed by atoms with Crippen LogP contribution in [0.3, 0.4) is 0 Å². The van der Waals surface area contributed by atoms with Crippen molar-refractivity contribution in [1.29, 1.82) is 5.41 Å². The van der Waals surface area contributed by atoms with E-state index in [0.717, 1.165) is 37.9 Å². The van der Waals surface area contributed by atoms with Crippen molar-refractivity contribution in [2.45, 2.75) is 31.7 Å². The van der Waals surface area contributed by atoms with E-state index in [-0.39, 0.29) is 5.84 Å². The molecule has 0 spiro atoms. The normalized spacial score (nSPS) is 14.6. The van der Waals surface area contributed by atoms with Crippen molar-refractivity contribution < 1.29 is 4.74 Å². The lowest BCUT2D eigenvalue weighted by atomic mass is 10.3. The molecule has 0 radical (unpaired) electrons. The highest BCUT2D eigenvalue weighted by Crippen LogP contribution is 2.26. The van der Waals surface area contributed by atoms with E-state index in [9.17, 15) is 0 Å². The highest BCUT2D eigenvalue weighted by atomic mass is 16.5. The van der Waals surface area contributed by atoms with Gasteiger partial charge in [0.2, 0.25) is 0 Å². The van der Waals surface area contributed by atoms with Crippen LogP contribution in [-0.2, 0) is 0 Å². The molecule has 0 aliphatic heterocycles. The molecule has 2 rings (SSSR count). The van der Waals surface area contributed by atoms with Crippen LogP contribution in [0.15, 0.2) is 30.3 Å². The Bertz CT molecular complexity index is 390. The fraction of sp³-hybridized carbons (Fsp3) is 0.533. The zero-order chi connectivity index (χ0) is 13.5.